The summed E-state index contributed by atoms with van der Waals surface area (Å²) in [7, 11) is -4.48. The monoisotopic (exact) mass is 701 g/mol. The van der Waals surface area contributed by atoms with E-state index < -0.39 is 10.1 Å². The molecule has 0 heterocycles. The summed E-state index contributed by atoms with van der Waals surface area (Å²) in [5.74, 6) is 0. The van der Waals surface area contributed by atoms with Crippen molar-refractivity contribution in [1.82, 2.24) is 0 Å². The zero-order valence-corrected chi connectivity index (χ0v) is 31.1. The maximum Gasteiger partial charge on any atom is 0.295 e. The normalized spacial score (nSPS) is 12.7. The molecule has 0 aliphatic heterocycles. The van der Waals surface area contributed by atoms with E-state index in [0.717, 1.165) is 65.4 Å². The van der Waals surface area contributed by atoms with Crippen LogP contribution in [0.25, 0.3) is 5.57 Å². The number of unbranched alkanes of at least 4 members (excludes halogenated alkanes) is 8. The second-order valence-electron chi connectivity index (χ2n) is 13.2. The molecule has 0 spiro atoms. The Morgan fingerprint density at radius 1 is 0.608 bits per heavy atom. The highest BCUT2D eigenvalue weighted by molar-refractivity contribution is 7.86. The van der Waals surface area contributed by atoms with E-state index in [1.165, 1.54) is 57.4 Å². The summed E-state index contributed by atoms with van der Waals surface area (Å²) >= 11 is 0. The van der Waals surface area contributed by atoms with Crippen molar-refractivity contribution in [2.75, 3.05) is 18.0 Å². The molecule has 0 atom stereocenters. The van der Waals surface area contributed by atoms with Gasteiger partial charge < -0.3 is 4.90 Å². The Kier molecular flexibility index (Phi) is 14.2. The van der Waals surface area contributed by atoms with Crippen molar-refractivity contribution in [1.29, 1.82) is 0 Å². The van der Waals surface area contributed by atoms with Crippen LogP contribution >= 0.6 is 0 Å². The number of para-hydroxylation sites is 2. The van der Waals surface area contributed by atoms with Crippen LogP contribution in [0.15, 0.2) is 144 Å². The molecule has 0 unspecified atom stereocenters. The summed E-state index contributed by atoms with van der Waals surface area (Å²) in [6.07, 6.45) is 20.4. The average molecular weight is 702 g/mol. The van der Waals surface area contributed by atoms with Gasteiger partial charge in [0.1, 0.15) is 11.4 Å². The number of nitrogens with zero attached hydrogens (tertiary/aromatic N) is 2. The van der Waals surface area contributed by atoms with Crippen LogP contribution in [0.1, 0.15) is 89.2 Å². The van der Waals surface area contributed by atoms with Crippen LogP contribution in [0.4, 0.5) is 17.1 Å². The lowest BCUT2D eigenvalue weighted by atomic mass is 9.90. The van der Waals surface area contributed by atoms with Gasteiger partial charge in [-0.25, -0.2) is 0 Å². The number of anilines is 2. The highest BCUT2D eigenvalue weighted by Gasteiger charge is 2.23. The number of benzene rings is 4. The molecule has 0 radical (unpaired) electrons. The van der Waals surface area contributed by atoms with Gasteiger partial charge in [0.15, 0.2) is 0 Å². The van der Waals surface area contributed by atoms with Crippen molar-refractivity contribution in [2.24, 2.45) is 0 Å². The molecular weight excluding hydrogens is 649 g/mol. The third-order valence-electron chi connectivity index (χ3n) is 9.48. The molecule has 0 saturated carbocycles. The Morgan fingerprint density at radius 2 is 1.16 bits per heavy atom. The molecule has 0 aromatic heterocycles. The van der Waals surface area contributed by atoms with E-state index in [2.05, 4.69) is 120 Å². The summed E-state index contributed by atoms with van der Waals surface area (Å²) in [6.45, 7) is 6.30. The van der Waals surface area contributed by atoms with Crippen LogP contribution in [-0.4, -0.2) is 36.3 Å². The molecule has 0 bridgehead atoms. The number of hydrogen-bond donors (Lipinski definition) is 1. The molecule has 1 aliphatic rings. The maximum atomic E-state index is 12.7. The van der Waals surface area contributed by atoms with Gasteiger partial charge in [-0.2, -0.15) is 13.0 Å². The average Bonchev–Trinajstić information content (AvgIpc) is 3.16. The van der Waals surface area contributed by atoms with Crippen molar-refractivity contribution in [3.63, 3.8) is 0 Å². The molecule has 5 rings (SSSR count). The molecule has 4 aromatic carbocycles. The Bertz CT molecular complexity index is 1910. The molecule has 1 aliphatic carbocycles. The van der Waals surface area contributed by atoms with Crippen molar-refractivity contribution in [2.45, 2.75) is 83.0 Å². The van der Waals surface area contributed by atoms with E-state index in [1.54, 1.807) is 12.1 Å². The van der Waals surface area contributed by atoms with E-state index in [1.807, 2.05) is 18.2 Å². The third kappa shape index (κ3) is 10.5. The van der Waals surface area contributed by atoms with Gasteiger partial charge in [0.2, 0.25) is 11.4 Å². The molecule has 0 fully saturated rings. The molecule has 4 aromatic rings. The summed E-state index contributed by atoms with van der Waals surface area (Å²) in [6, 6.07) is 36.0. The fourth-order valence-electron chi connectivity index (χ4n) is 6.77. The Hall–Kier alpha value is -4.52. The largest absolute Gasteiger partial charge is 0.341 e. The van der Waals surface area contributed by atoms with Gasteiger partial charge in [-0.15, -0.1) is 0 Å². The van der Waals surface area contributed by atoms with E-state index >= 15 is 0 Å². The zero-order chi connectivity index (χ0) is 35.9. The Balaban J connectivity index is 1.55. The van der Waals surface area contributed by atoms with Gasteiger partial charge in [-0.1, -0.05) is 126 Å². The Labute approximate surface area is 306 Å². The number of hydrogen-bond acceptors (Lipinski definition) is 3. The molecule has 0 amide bonds. The first-order chi connectivity index (χ1) is 24.9. The number of rotatable bonds is 18. The van der Waals surface area contributed by atoms with Crippen molar-refractivity contribution in [3.8, 4) is 0 Å². The van der Waals surface area contributed by atoms with Gasteiger partial charge in [-0.3, -0.25) is 4.55 Å². The first kappa shape index (κ1) is 37.7. The van der Waals surface area contributed by atoms with Crippen LogP contribution in [0.2, 0.25) is 0 Å². The van der Waals surface area contributed by atoms with Gasteiger partial charge in [0.25, 0.3) is 10.1 Å². The van der Waals surface area contributed by atoms with Crippen molar-refractivity contribution >= 4 is 38.5 Å². The number of allylic oxidation sites excluding steroid dienone is 5. The summed E-state index contributed by atoms with van der Waals surface area (Å²) in [5.41, 5.74) is 7.40. The first-order valence-electron chi connectivity index (χ1n) is 18.7. The highest BCUT2D eigenvalue weighted by atomic mass is 32.2. The Morgan fingerprint density at radius 3 is 1.78 bits per heavy atom. The van der Waals surface area contributed by atoms with Crippen LogP contribution in [0, 0.1) is 0 Å². The minimum absolute atomic E-state index is 0.107. The van der Waals surface area contributed by atoms with E-state index in [-0.39, 0.29) is 4.90 Å². The van der Waals surface area contributed by atoms with Crippen LogP contribution < -0.4 is 4.90 Å². The molecular formula is C45H53N2O3S+. The van der Waals surface area contributed by atoms with Crippen molar-refractivity contribution < 1.29 is 17.5 Å². The van der Waals surface area contributed by atoms with E-state index in [4.69, 9.17) is 0 Å². The molecule has 6 heteroatoms. The molecule has 51 heavy (non-hydrogen) atoms. The van der Waals surface area contributed by atoms with Gasteiger partial charge in [-0.05, 0) is 72.0 Å². The van der Waals surface area contributed by atoms with Crippen LogP contribution in [0.5, 0.6) is 0 Å². The predicted molar refractivity (Wildman–Crippen MR) is 214 cm³/mol. The second kappa shape index (κ2) is 19.2. The highest BCUT2D eigenvalue weighted by Crippen LogP contribution is 2.36. The topological polar surface area (TPSA) is 60.6 Å². The second-order valence-corrected chi connectivity index (χ2v) is 14.6. The van der Waals surface area contributed by atoms with Gasteiger partial charge in [0.05, 0.1) is 0 Å². The lowest BCUT2D eigenvalue weighted by molar-refractivity contribution is -0.439. The SMILES string of the molecule is CCCCCCCN(c1ccccc1)c1ccc(C(=C2C=CC(=[N+](CCCCCCC)c3ccccc3)C=C2)c2ccccc2S(=O)(=O)O)cc1. The minimum Gasteiger partial charge on any atom is -0.341 e. The summed E-state index contributed by atoms with van der Waals surface area (Å²) in [5, 5.41) is 0. The molecule has 266 valence electrons. The third-order valence-corrected chi connectivity index (χ3v) is 10.4. The van der Waals surface area contributed by atoms with Crippen LogP contribution in [0.3, 0.4) is 0 Å². The van der Waals surface area contributed by atoms with Gasteiger partial charge >= 0.3 is 0 Å². The van der Waals surface area contributed by atoms with Crippen LogP contribution in [-0.2, 0) is 10.1 Å². The van der Waals surface area contributed by atoms with E-state index in [0.29, 0.717) is 5.56 Å². The maximum absolute atomic E-state index is 12.7. The van der Waals surface area contributed by atoms with Crippen molar-refractivity contribution in [3.05, 3.63) is 150 Å². The minimum atomic E-state index is -4.48. The smallest absolute Gasteiger partial charge is 0.295 e. The lowest BCUT2D eigenvalue weighted by Gasteiger charge is -2.26. The zero-order valence-electron chi connectivity index (χ0n) is 30.3. The summed E-state index contributed by atoms with van der Waals surface area (Å²) in [4.78, 5) is 2.25. The fourth-order valence-corrected chi connectivity index (χ4v) is 7.47. The summed E-state index contributed by atoms with van der Waals surface area (Å²) < 4.78 is 38.0. The van der Waals surface area contributed by atoms with Gasteiger partial charge in [0, 0.05) is 54.2 Å². The standard InChI is InChI=1S/C45H52N2O3S/c1-3-5-7-9-19-35-46(39-21-13-11-14-22-39)41-31-27-37(28-32-41)45(43-25-17-18-26-44(43)51(48,49)50)38-29-33-42(34-30-38)47(36-20-10-8-6-4-2)40-23-15-12-16-24-40/h11-18,21-34H,3-10,19-20,35-36H2,1-2H3/p+1. The first-order valence-corrected chi connectivity index (χ1v) is 20.1. The molecule has 5 nitrogen and oxygen atoms in total. The molecule has 0 saturated heterocycles. The van der Waals surface area contributed by atoms with E-state index in [9.17, 15) is 13.0 Å². The molecule has 1 N–H and O–H groups in total. The predicted octanol–water partition coefficient (Wildman–Crippen LogP) is 11.7. The lowest BCUT2D eigenvalue weighted by Crippen LogP contribution is -2.18. The quantitative estimate of drug-likeness (QED) is 0.0637. The fraction of sp³-hybridized carbons (Fsp3) is 0.311.